The molecule has 1 unspecified atom stereocenters. The van der Waals surface area contributed by atoms with Crippen molar-refractivity contribution in [3.63, 3.8) is 0 Å². The van der Waals surface area contributed by atoms with Crippen LogP contribution in [0.1, 0.15) is 24.1 Å². The number of nitrogens with one attached hydrogen (secondary N) is 1. The van der Waals surface area contributed by atoms with Crippen LogP contribution in [0.3, 0.4) is 0 Å². The van der Waals surface area contributed by atoms with Crippen molar-refractivity contribution in [1.29, 1.82) is 0 Å². The number of benzene rings is 2. The molecule has 0 heterocycles. The van der Waals surface area contributed by atoms with Crippen LogP contribution in [0.2, 0.25) is 0 Å². The molecule has 20 heavy (non-hydrogen) atoms. The van der Waals surface area contributed by atoms with E-state index >= 15 is 0 Å². The second kappa shape index (κ2) is 6.86. The van der Waals surface area contributed by atoms with Crippen molar-refractivity contribution in [2.75, 3.05) is 7.11 Å². The Morgan fingerprint density at radius 2 is 2.05 bits per heavy atom. The molecular formula is C16H17BrFNO. The minimum atomic E-state index is -0.196. The molecule has 0 radical (unpaired) electrons. The molecule has 1 N–H and O–H groups in total. The van der Waals surface area contributed by atoms with E-state index in [0.29, 0.717) is 12.1 Å². The lowest BCUT2D eigenvalue weighted by atomic mass is 10.1. The summed E-state index contributed by atoms with van der Waals surface area (Å²) in [5.41, 5.74) is 1.76. The Balaban J connectivity index is 2.04. The number of methoxy groups -OCH3 is 1. The fourth-order valence-electron chi connectivity index (χ4n) is 2.01. The normalized spacial score (nSPS) is 12.2. The monoisotopic (exact) mass is 337 g/mol. The predicted octanol–water partition coefficient (Wildman–Crippen LogP) is 4.45. The summed E-state index contributed by atoms with van der Waals surface area (Å²) in [7, 11) is 1.64. The van der Waals surface area contributed by atoms with Gasteiger partial charge >= 0.3 is 0 Å². The number of ether oxygens (including phenoxy) is 1. The zero-order valence-corrected chi connectivity index (χ0v) is 13.1. The van der Waals surface area contributed by atoms with Crippen LogP contribution >= 0.6 is 15.9 Å². The average Bonchev–Trinajstić information content (AvgIpc) is 2.47. The molecule has 2 aromatic carbocycles. The zero-order chi connectivity index (χ0) is 14.5. The average molecular weight is 338 g/mol. The summed E-state index contributed by atoms with van der Waals surface area (Å²) in [5.74, 6) is 0.629. The van der Waals surface area contributed by atoms with Crippen LogP contribution in [0.25, 0.3) is 0 Å². The van der Waals surface area contributed by atoms with E-state index < -0.39 is 0 Å². The lowest BCUT2D eigenvalue weighted by Crippen LogP contribution is -2.19. The highest BCUT2D eigenvalue weighted by molar-refractivity contribution is 9.10. The van der Waals surface area contributed by atoms with Crippen LogP contribution in [0.5, 0.6) is 5.75 Å². The van der Waals surface area contributed by atoms with Gasteiger partial charge in [0, 0.05) is 22.6 Å². The van der Waals surface area contributed by atoms with E-state index in [4.69, 9.17) is 4.74 Å². The fourth-order valence-corrected chi connectivity index (χ4v) is 2.39. The van der Waals surface area contributed by atoms with Gasteiger partial charge in [-0.15, -0.1) is 0 Å². The molecule has 0 aliphatic heterocycles. The van der Waals surface area contributed by atoms with Gasteiger partial charge in [0.05, 0.1) is 7.11 Å². The third-order valence-electron chi connectivity index (χ3n) is 3.17. The zero-order valence-electron chi connectivity index (χ0n) is 11.5. The Kier molecular flexibility index (Phi) is 5.15. The fraction of sp³-hybridized carbons (Fsp3) is 0.250. The first-order valence-corrected chi connectivity index (χ1v) is 7.20. The molecule has 2 nitrogen and oxygen atoms in total. The lowest BCUT2D eigenvalue weighted by Gasteiger charge is -2.16. The molecule has 0 saturated carbocycles. The second-order valence-corrected chi connectivity index (χ2v) is 5.54. The predicted molar refractivity (Wildman–Crippen MR) is 82.3 cm³/mol. The van der Waals surface area contributed by atoms with E-state index in [0.717, 1.165) is 15.8 Å². The molecule has 0 saturated heterocycles. The van der Waals surface area contributed by atoms with Crippen molar-refractivity contribution < 1.29 is 9.13 Å². The van der Waals surface area contributed by atoms with Crippen LogP contribution in [-0.2, 0) is 6.54 Å². The third kappa shape index (κ3) is 3.81. The molecule has 1 atom stereocenters. The summed E-state index contributed by atoms with van der Waals surface area (Å²) in [4.78, 5) is 0. The number of hydrogen-bond acceptors (Lipinski definition) is 2. The molecule has 0 aromatic heterocycles. The maximum Gasteiger partial charge on any atom is 0.128 e. The topological polar surface area (TPSA) is 21.3 Å². The van der Waals surface area contributed by atoms with Gasteiger partial charge in [0.2, 0.25) is 0 Å². The van der Waals surface area contributed by atoms with E-state index in [2.05, 4.69) is 21.2 Å². The van der Waals surface area contributed by atoms with Crippen molar-refractivity contribution >= 4 is 15.9 Å². The highest BCUT2D eigenvalue weighted by Gasteiger charge is 2.11. The molecule has 0 aliphatic rings. The second-order valence-electron chi connectivity index (χ2n) is 4.62. The smallest absolute Gasteiger partial charge is 0.128 e. The summed E-state index contributed by atoms with van der Waals surface area (Å²) in [6.07, 6.45) is 0. The van der Waals surface area contributed by atoms with Crippen LogP contribution < -0.4 is 10.1 Å². The van der Waals surface area contributed by atoms with Crippen LogP contribution in [0.4, 0.5) is 4.39 Å². The lowest BCUT2D eigenvalue weighted by molar-refractivity contribution is 0.414. The Labute approximate surface area is 127 Å². The molecule has 106 valence electrons. The van der Waals surface area contributed by atoms with Gasteiger partial charge in [-0.1, -0.05) is 28.1 Å². The van der Waals surface area contributed by atoms with Gasteiger partial charge in [0.1, 0.15) is 11.6 Å². The first-order chi connectivity index (χ1) is 9.60. The molecule has 2 rings (SSSR count). The Hall–Kier alpha value is -1.39. The number of rotatable bonds is 5. The van der Waals surface area contributed by atoms with E-state index in [1.807, 2.05) is 31.2 Å². The summed E-state index contributed by atoms with van der Waals surface area (Å²) in [5, 5.41) is 3.32. The van der Waals surface area contributed by atoms with Crippen molar-refractivity contribution in [2.45, 2.75) is 19.5 Å². The Morgan fingerprint density at radius 3 is 2.80 bits per heavy atom. The van der Waals surface area contributed by atoms with Crippen molar-refractivity contribution in [1.82, 2.24) is 5.32 Å². The summed E-state index contributed by atoms with van der Waals surface area (Å²) < 4.78 is 19.8. The SMILES string of the molecule is COc1cccc(CNC(C)c2cc(Br)ccc2F)c1. The molecule has 0 fully saturated rings. The van der Waals surface area contributed by atoms with Gasteiger partial charge in [-0.05, 0) is 42.8 Å². The van der Waals surface area contributed by atoms with Crippen LogP contribution in [0.15, 0.2) is 46.9 Å². The molecule has 0 aliphatic carbocycles. The van der Waals surface area contributed by atoms with Gasteiger partial charge in [0.25, 0.3) is 0 Å². The van der Waals surface area contributed by atoms with Gasteiger partial charge < -0.3 is 10.1 Å². The molecule has 0 spiro atoms. The van der Waals surface area contributed by atoms with Crippen molar-refractivity contribution in [3.05, 3.63) is 63.9 Å². The maximum absolute atomic E-state index is 13.8. The van der Waals surface area contributed by atoms with E-state index in [9.17, 15) is 4.39 Å². The third-order valence-corrected chi connectivity index (χ3v) is 3.66. The van der Waals surface area contributed by atoms with E-state index in [1.54, 1.807) is 19.2 Å². The quantitative estimate of drug-likeness (QED) is 0.870. The Morgan fingerprint density at radius 1 is 1.25 bits per heavy atom. The van der Waals surface area contributed by atoms with Crippen LogP contribution in [-0.4, -0.2) is 7.11 Å². The molecule has 2 aromatic rings. The molecule has 0 amide bonds. The Bertz CT molecular complexity index is 588. The minimum Gasteiger partial charge on any atom is -0.497 e. The highest BCUT2D eigenvalue weighted by atomic mass is 79.9. The first-order valence-electron chi connectivity index (χ1n) is 6.41. The van der Waals surface area contributed by atoms with Crippen molar-refractivity contribution in [2.24, 2.45) is 0 Å². The van der Waals surface area contributed by atoms with Gasteiger partial charge in [0.15, 0.2) is 0 Å². The highest BCUT2D eigenvalue weighted by Crippen LogP contribution is 2.22. The number of hydrogen-bond donors (Lipinski definition) is 1. The summed E-state index contributed by atoms with van der Waals surface area (Å²) in [6, 6.07) is 12.7. The number of halogens is 2. The van der Waals surface area contributed by atoms with E-state index in [1.165, 1.54) is 6.07 Å². The van der Waals surface area contributed by atoms with Gasteiger partial charge in [-0.2, -0.15) is 0 Å². The summed E-state index contributed by atoms with van der Waals surface area (Å²) in [6.45, 7) is 2.61. The van der Waals surface area contributed by atoms with Gasteiger partial charge in [-0.3, -0.25) is 0 Å². The van der Waals surface area contributed by atoms with E-state index in [-0.39, 0.29) is 11.9 Å². The molecule has 4 heteroatoms. The van der Waals surface area contributed by atoms with Gasteiger partial charge in [-0.25, -0.2) is 4.39 Å². The minimum absolute atomic E-state index is 0.0706. The largest absolute Gasteiger partial charge is 0.497 e. The van der Waals surface area contributed by atoms with Crippen LogP contribution in [0, 0.1) is 5.82 Å². The molecule has 0 bridgehead atoms. The molecular weight excluding hydrogens is 321 g/mol. The standard InChI is InChI=1S/C16H17BrFNO/c1-11(15-9-13(17)6-7-16(15)18)19-10-12-4-3-5-14(8-12)20-2/h3-9,11,19H,10H2,1-2H3. The summed E-state index contributed by atoms with van der Waals surface area (Å²) >= 11 is 3.37. The first kappa shape index (κ1) is 15.0. The maximum atomic E-state index is 13.8. The van der Waals surface area contributed by atoms with Crippen molar-refractivity contribution in [3.8, 4) is 5.75 Å².